The van der Waals surface area contributed by atoms with Crippen LogP contribution in [-0.4, -0.2) is 5.78 Å². The van der Waals surface area contributed by atoms with Crippen LogP contribution >= 0.6 is 0 Å². The summed E-state index contributed by atoms with van der Waals surface area (Å²) in [5.41, 5.74) is 0.214. The normalized spacial score (nSPS) is 42.1. The quantitative estimate of drug-likeness (QED) is 0.544. The van der Waals surface area contributed by atoms with E-state index in [1.807, 2.05) is 0 Å². The van der Waals surface area contributed by atoms with Gasteiger partial charge in [-0.05, 0) is 30.6 Å². The summed E-state index contributed by atoms with van der Waals surface area (Å²) in [5.74, 6) is 1.85. The second-order valence-electron chi connectivity index (χ2n) is 4.80. The van der Waals surface area contributed by atoms with Gasteiger partial charge in [-0.1, -0.05) is 26.0 Å². The molecule has 12 heavy (non-hydrogen) atoms. The number of carbonyl (C=O) groups is 1. The Morgan fingerprint density at radius 2 is 2.08 bits per heavy atom. The van der Waals surface area contributed by atoms with E-state index in [9.17, 15) is 4.79 Å². The third kappa shape index (κ3) is 0.825. The molecule has 66 valence electrons. The molecule has 0 aromatic carbocycles. The Morgan fingerprint density at radius 1 is 1.42 bits per heavy atom. The van der Waals surface area contributed by atoms with Crippen LogP contribution in [0.1, 0.15) is 27.2 Å². The summed E-state index contributed by atoms with van der Waals surface area (Å²) in [6.45, 7) is 6.20. The highest BCUT2D eigenvalue weighted by Crippen LogP contribution is 2.55. The molecule has 2 bridgehead atoms. The zero-order chi connectivity index (χ0) is 8.93. The molecule has 2 aliphatic rings. The van der Waals surface area contributed by atoms with Gasteiger partial charge in [0.2, 0.25) is 0 Å². The summed E-state index contributed by atoms with van der Waals surface area (Å²) >= 11 is 0. The summed E-state index contributed by atoms with van der Waals surface area (Å²) in [6.07, 6.45) is 5.74. The van der Waals surface area contributed by atoms with Crippen LogP contribution in [0.2, 0.25) is 0 Å². The molecular weight excluding hydrogens is 148 g/mol. The maximum atomic E-state index is 11.4. The molecule has 0 unspecified atom stereocenters. The Bertz CT molecular complexity index is 250. The van der Waals surface area contributed by atoms with Gasteiger partial charge >= 0.3 is 0 Å². The topological polar surface area (TPSA) is 17.1 Å². The molecule has 0 N–H and O–H groups in total. The molecule has 0 saturated heterocycles. The van der Waals surface area contributed by atoms with Gasteiger partial charge in [0.1, 0.15) is 5.78 Å². The van der Waals surface area contributed by atoms with E-state index in [0.29, 0.717) is 17.6 Å². The second-order valence-corrected chi connectivity index (χ2v) is 4.80. The van der Waals surface area contributed by atoms with Crippen LogP contribution in [0.15, 0.2) is 12.2 Å². The smallest absolute Gasteiger partial charge is 0.134 e. The molecule has 0 heterocycles. The molecule has 0 amide bonds. The highest BCUT2D eigenvalue weighted by atomic mass is 16.1. The van der Waals surface area contributed by atoms with Gasteiger partial charge in [-0.2, -0.15) is 0 Å². The fourth-order valence-corrected chi connectivity index (χ4v) is 3.13. The van der Waals surface area contributed by atoms with Crippen molar-refractivity contribution < 1.29 is 4.79 Å². The van der Waals surface area contributed by atoms with E-state index in [0.717, 1.165) is 0 Å². The van der Waals surface area contributed by atoms with Gasteiger partial charge < -0.3 is 0 Å². The van der Waals surface area contributed by atoms with E-state index in [2.05, 4.69) is 26.0 Å². The van der Waals surface area contributed by atoms with Crippen LogP contribution in [0.25, 0.3) is 0 Å². The van der Waals surface area contributed by atoms with Gasteiger partial charge in [-0.3, -0.25) is 4.79 Å². The van der Waals surface area contributed by atoms with Gasteiger partial charge in [0.05, 0.1) is 0 Å². The molecule has 0 aliphatic heterocycles. The Morgan fingerprint density at radius 3 is 2.42 bits per heavy atom. The Balaban J connectivity index is 2.36. The molecule has 1 fully saturated rings. The number of carbonyl (C=O) groups excluding carboxylic acids is 1. The molecule has 1 saturated carbocycles. The molecule has 0 spiro atoms. The highest BCUT2D eigenvalue weighted by molar-refractivity contribution is 5.80. The van der Waals surface area contributed by atoms with Crippen LogP contribution in [0, 0.1) is 23.2 Å². The monoisotopic (exact) mass is 164 g/mol. The summed E-state index contributed by atoms with van der Waals surface area (Å²) in [7, 11) is 0. The zero-order valence-corrected chi connectivity index (χ0v) is 8.00. The average molecular weight is 164 g/mol. The predicted molar refractivity (Wildman–Crippen MR) is 48.7 cm³/mol. The first-order valence-corrected chi connectivity index (χ1v) is 4.72. The van der Waals surface area contributed by atoms with Crippen molar-refractivity contribution >= 4 is 5.78 Å². The molecule has 2 rings (SSSR count). The lowest BCUT2D eigenvalue weighted by Gasteiger charge is -2.33. The molecule has 0 aromatic heterocycles. The van der Waals surface area contributed by atoms with Gasteiger partial charge in [0.25, 0.3) is 0 Å². The van der Waals surface area contributed by atoms with Crippen molar-refractivity contribution in [1.29, 1.82) is 0 Å². The number of fused-ring (bicyclic) bond motifs is 2. The first kappa shape index (κ1) is 8.03. The van der Waals surface area contributed by atoms with Gasteiger partial charge in [-0.25, -0.2) is 0 Å². The molecule has 1 nitrogen and oxygen atoms in total. The number of allylic oxidation sites excluding steroid dienone is 2. The minimum atomic E-state index is 0.214. The fourth-order valence-electron chi connectivity index (χ4n) is 3.13. The van der Waals surface area contributed by atoms with E-state index in [4.69, 9.17) is 0 Å². The van der Waals surface area contributed by atoms with Gasteiger partial charge in [0, 0.05) is 5.92 Å². The maximum Gasteiger partial charge on any atom is 0.134 e. The summed E-state index contributed by atoms with van der Waals surface area (Å²) < 4.78 is 0. The third-order valence-corrected chi connectivity index (χ3v) is 3.74. The number of ketones is 1. The van der Waals surface area contributed by atoms with Crippen molar-refractivity contribution in [1.82, 2.24) is 0 Å². The summed E-state index contributed by atoms with van der Waals surface area (Å²) in [5, 5.41) is 0. The number of Topliss-reactive ketones (excluding diaryl/α,β-unsaturated/α-hetero) is 1. The average Bonchev–Trinajstić information content (AvgIpc) is 2.41. The molecule has 3 atom stereocenters. The zero-order valence-electron chi connectivity index (χ0n) is 8.00. The van der Waals surface area contributed by atoms with Crippen LogP contribution in [0.4, 0.5) is 0 Å². The first-order chi connectivity index (χ1) is 5.53. The first-order valence-electron chi connectivity index (χ1n) is 4.72. The van der Waals surface area contributed by atoms with Crippen molar-refractivity contribution in [3.05, 3.63) is 12.2 Å². The standard InChI is InChI=1S/C11H16O/c1-7(12)10-8-4-5-9(6-8)11(10,2)3/h4-5,8-10H,6H2,1-3H3/t8-,9+,10-/m1/s1. The Hall–Kier alpha value is -0.590. The molecule has 0 radical (unpaired) electrons. The minimum absolute atomic E-state index is 0.214. The fraction of sp³-hybridized carbons (Fsp3) is 0.727. The lowest BCUT2D eigenvalue weighted by molar-refractivity contribution is -0.124. The van der Waals surface area contributed by atoms with Crippen molar-refractivity contribution in [2.24, 2.45) is 23.2 Å². The lowest BCUT2D eigenvalue weighted by atomic mass is 9.70. The van der Waals surface area contributed by atoms with Crippen LogP contribution < -0.4 is 0 Å². The SMILES string of the molecule is CC(=O)[C@@H]1[C@@H]2C=C[C@@H](C2)C1(C)C. The minimum Gasteiger partial charge on any atom is -0.300 e. The number of hydrogen-bond donors (Lipinski definition) is 0. The van der Waals surface area contributed by atoms with Gasteiger partial charge in [0.15, 0.2) is 0 Å². The van der Waals surface area contributed by atoms with Crippen molar-refractivity contribution in [2.45, 2.75) is 27.2 Å². The van der Waals surface area contributed by atoms with Gasteiger partial charge in [-0.15, -0.1) is 0 Å². The maximum absolute atomic E-state index is 11.4. The van der Waals surface area contributed by atoms with Crippen molar-refractivity contribution in [2.75, 3.05) is 0 Å². The number of hydrogen-bond acceptors (Lipinski definition) is 1. The van der Waals surface area contributed by atoms with Crippen molar-refractivity contribution in [3.8, 4) is 0 Å². The third-order valence-electron chi connectivity index (χ3n) is 3.74. The summed E-state index contributed by atoms with van der Waals surface area (Å²) in [6, 6.07) is 0. The van der Waals surface area contributed by atoms with Crippen molar-refractivity contribution in [3.63, 3.8) is 0 Å². The van der Waals surface area contributed by atoms with E-state index in [1.165, 1.54) is 6.42 Å². The van der Waals surface area contributed by atoms with E-state index < -0.39 is 0 Å². The summed E-state index contributed by atoms with van der Waals surface area (Å²) in [4.78, 5) is 11.4. The molecule has 2 aliphatic carbocycles. The predicted octanol–water partition coefficient (Wildman–Crippen LogP) is 2.42. The van der Waals surface area contributed by atoms with E-state index in [-0.39, 0.29) is 11.3 Å². The molecular formula is C11H16O. The lowest BCUT2D eigenvalue weighted by Crippen LogP contribution is -2.33. The van der Waals surface area contributed by atoms with Crippen LogP contribution in [0.3, 0.4) is 0 Å². The number of rotatable bonds is 1. The second kappa shape index (κ2) is 2.21. The van der Waals surface area contributed by atoms with Crippen LogP contribution in [0.5, 0.6) is 0 Å². The van der Waals surface area contributed by atoms with E-state index >= 15 is 0 Å². The van der Waals surface area contributed by atoms with Crippen LogP contribution in [-0.2, 0) is 4.79 Å². The molecule has 0 aromatic rings. The Kier molecular flexibility index (Phi) is 1.48. The van der Waals surface area contributed by atoms with E-state index in [1.54, 1.807) is 6.92 Å². The molecule has 1 heteroatoms. The highest BCUT2D eigenvalue weighted by Gasteiger charge is 2.51. The Labute approximate surface area is 73.8 Å². The largest absolute Gasteiger partial charge is 0.300 e.